The van der Waals surface area contributed by atoms with Gasteiger partial charge in [-0.3, -0.25) is 0 Å². The summed E-state index contributed by atoms with van der Waals surface area (Å²) in [7, 11) is 0. The number of nitrogens with two attached hydrogens (primary N) is 1. The van der Waals surface area contributed by atoms with Gasteiger partial charge in [-0.25, -0.2) is 0 Å². The Morgan fingerprint density at radius 1 is 0.714 bits per heavy atom. The first kappa shape index (κ1) is 9.72. The topological polar surface area (TPSA) is 26.0 Å². The van der Waals surface area contributed by atoms with Crippen molar-refractivity contribution in [3.05, 3.63) is 54.6 Å². The van der Waals surface area contributed by atoms with Crippen molar-refractivity contribution < 1.29 is 24.6 Å². The maximum atomic E-state index is 5.64. The SMILES string of the molecule is Nc1cc[c]([Hg][c]2ccccc2)cc1. The predicted molar refractivity (Wildman–Crippen MR) is 56.6 cm³/mol. The standard InChI is InChI=1S/C6H6N.C6H5.Hg/c7-6-4-2-1-3-5-6;1-2-4-6-5-3-1;/h2-5H,7H2;1-5H;. The first-order chi connectivity index (χ1) is 6.84. The van der Waals surface area contributed by atoms with Crippen molar-refractivity contribution in [3.8, 4) is 0 Å². The summed E-state index contributed by atoms with van der Waals surface area (Å²) in [6.45, 7) is 0. The van der Waals surface area contributed by atoms with Crippen molar-refractivity contribution in [1.82, 2.24) is 0 Å². The summed E-state index contributed by atoms with van der Waals surface area (Å²) in [5.74, 6) is 0. The Balaban J connectivity index is 2.16. The molecule has 0 saturated carbocycles. The van der Waals surface area contributed by atoms with Crippen LogP contribution in [0.5, 0.6) is 0 Å². The minimum absolute atomic E-state index is 0.857. The van der Waals surface area contributed by atoms with Crippen LogP contribution in [-0.2, 0) is 24.6 Å². The van der Waals surface area contributed by atoms with Crippen molar-refractivity contribution in [2.24, 2.45) is 0 Å². The van der Waals surface area contributed by atoms with Crippen LogP contribution in [0, 0.1) is 0 Å². The quantitative estimate of drug-likeness (QED) is 0.627. The van der Waals surface area contributed by atoms with Crippen LogP contribution < -0.4 is 11.9 Å². The molecule has 0 fully saturated rings. The third-order valence-corrected chi connectivity index (χ3v) is 9.07. The summed E-state index contributed by atoms with van der Waals surface area (Å²) in [6, 6.07) is 19.1. The maximum absolute atomic E-state index is 5.64. The summed E-state index contributed by atoms with van der Waals surface area (Å²) in [4.78, 5) is 0. The predicted octanol–water partition coefficient (Wildman–Crippen LogP) is 1.30. The van der Waals surface area contributed by atoms with E-state index in [9.17, 15) is 0 Å². The third-order valence-electron chi connectivity index (χ3n) is 2.23. The Bertz CT molecular complexity index is 394. The molecule has 0 amide bonds. The van der Waals surface area contributed by atoms with Gasteiger partial charge in [0.25, 0.3) is 0 Å². The second-order valence-electron chi connectivity index (χ2n) is 3.40. The molecule has 1 nitrogen and oxygen atoms in total. The Kier molecular flexibility index (Phi) is 3.20. The monoisotopic (exact) mass is 371 g/mol. The summed E-state index contributed by atoms with van der Waals surface area (Å²) < 4.78 is 3.07. The fourth-order valence-corrected chi connectivity index (χ4v) is 7.11. The molecule has 0 aliphatic carbocycles. The molecule has 66 valence electrons. The van der Waals surface area contributed by atoms with Crippen LogP contribution in [0.15, 0.2) is 54.6 Å². The molecular weight excluding hydrogens is 359 g/mol. The second-order valence-corrected chi connectivity index (χ2v) is 11.1. The van der Waals surface area contributed by atoms with E-state index in [1.165, 1.54) is 3.07 Å². The van der Waals surface area contributed by atoms with E-state index in [0.717, 1.165) is 5.69 Å². The number of anilines is 1. The third kappa shape index (κ3) is 2.58. The normalized spacial score (nSPS) is 9.43. The first-order valence-electron chi connectivity index (χ1n) is 4.73. The van der Waals surface area contributed by atoms with Crippen molar-refractivity contribution in [2.45, 2.75) is 0 Å². The molecule has 2 aromatic carbocycles. The zero-order valence-corrected chi connectivity index (χ0v) is 13.5. The Morgan fingerprint density at radius 2 is 1.29 bits per heavy atom. The van der Waals surface area contributed by atoms with Crippen LogP contribution in [0.4, 0.5) is 5.69 Å². The second kappa shape index (κ2) is 4.60. The molecule has 2 aromatic rings. The van der Waals surface area contributed by atoms with Gasteiger partial charge < -0.3 is 0 Å². The molecule has 2 rings (SSSR count). The summed E-state index contributed by atoms with van der Waals surface area (Å²) in [5, 5.41) is 0. The van der Waals surface area contributed by atoms with Gasteiger partial charge in [-0.2, -0.15) is 0 Å². The molecule has 14 heavy (non-hydrogen) atoms. The number of rotatable bonds is 2. The van der Waals surface area contributed by atoms with E-state index in [4.69, 9.17) is 5.73 Å². The molecule has 0 heterocycles. The van der Waals surface area contributed by atoms with Crippen LogP contribution in [0.25, 0.3) is 0 Å². The zero-order chi connectivity index (χ0) is 9.80. The van der Waals surface area contributed by atoms with Gasteiger partial charge in [0.05, 0.1) is 0 Å². The van der Waals surface area contributed by atoms with Crippen molar-refractivity contribution in [2.75, 3.05) is 5.73 Å². The van der Waals surface area contributed by atoms with E-state index in [1.807, 2.05) is 12.1 Å². The van der Waals surface area contributed by atoms with E-state index < -0.39 is 24.6 Å². The zero-order valence-electron chi connectivity index (χ0n) is 7.98. The molecule has 0 radical (unpaired) electrons. The Labute approximate surface area is 96.4 Å². The van der Waals surface area contributed by atoms with Crippen LogP contribution in [0.2, 0.25) is 0 Å². The van der Waals surface area contributed by atoms with E-state index in [0.29, 0.717) is 0 Å². The van der Waals surface area contributed by atoms with Crippen molar-refractivity contribution >= 4 is 11.8 Å². The van der Waals surface area contributed by atoms with Crippen LogP contribution >= 0.6 is 0 Å². The molecule has 0 saturated heterocycles. The minimum atomic E-state index is -1.07. The van der Waals surface area contributed by atoms with Crippen LogP contribution in [-0.4, -0.2) is 0 Å². The van der Waals surface area contributed by atoms with E-state index in [-0.39, 0.29) is 0 Å². The average molecular weight is 370 g/mol. The Hall–Kier alpha value is -0.825. The van der Waals surface area contributed by atoms with Gasteiger partial charge >= 0.3 is 96.7 Å². The summed E-state index contributed by atoms with van der Waals surface area (Å²) in [5.41, 5.74) is 6.50. The van der Waals surface area contributed by atoms with Gasteiger partial charge in [0, 0.05) is 0 Å². The van der Waals surface area contributed by atoms with Gasteiger partial charge in [0.1, 0.15) is 0 Å². The molecule has 0 aliphatic rings. The van der Waals surface area contributed by atoms with Gasteiger partial charge in [-0.05, 0) is 0 Å². The molecule has 2 heteroatoms. The first-order valence-corrected chi connectivity index (χ1v) is 10.2. The molecule has 0 spiro atoms. The molecule has 0 aromatic heterocycles. The average Bonchev–Trinajstić information content (AvgIpc) is 2.23. The van der Waals surface area contributed by atoms with E-state index in [1.54, 1.807) is 3.07 Å². The number of benzene rings is 2. The van der Waals surface area contributed by atoms with Gasteiger partial charge in [0.2, 0.25) is 0 Å². The van der Waals surface area contributed by atoms with E-state index >= 15 is 0 Å². The molecule has 0 aliphatic heterocycles. The van der Waals surface area contributed by atoms with Gasteiger partial charge in [-0.15, -0.1) is 0 Å². The van der Waals surface area contributed by atoms with Crippen LogP contribution in [0.3, 0.4) is 0 Å². The van der Waals surface area contributed by atoms with Crippen molar-refractivity contribution in [3.63, 3.8) is 0 Å². The molecule has 0 unspecified atom stereocenters. The fourth-order valence-electron chi connectivity index (χ4n) is 1.47. The fraction of sp³-hybridized carbons (Fsp3) is 0. The summed E-state index contributed by atoms with van der Waals surface area (Å²) >= 11 is -1.07. The molecule has 0 bridgehead atoms. The summed E-state index contributed by atoms with van der Waals surface area (Å²) in [6.07, 6.45) is 0. The number of hydrogen-bond donors (Lipinski definition) is 1. The molecular formula is C12H11HgN. The molecule has 0 atom stereocenters. The number of hydrogen-bond acceptors (Lipinski definition) is 1. The van der Waals surface area contributed by atoms with Gasteiger partial charge in [0.15, 0.2) is 0 Å². The van der Waals surface area contributed by atoms with Crippen molar-refractivity contribution in [1.29, 1.82) is 0 Å². The van der Waals surface area contributed by atoms with Gasteiger partial charge in [-0.1, -0.05) is 0 Å². The number of nitrogen functional groups attached to an aromatic ring is 1. The van der Waals surface area contributed by atoms with Crippen LogP contribution in [0.1, 0.15) is 0 Å². The Morgan fingerprint density at radius 3 is 1.93 bits per heavy atom. The molecule has 2 N–H and O–H groups in total. The van der Waals surface area contributed by atoms with E-state index in [2.05, 4.69) is 42.5 Å².